The van der Waals surface area contributed by atoms with E-state index in [1.165, 1.54) is 4.57 Å². The number of fused-ring (bicyclic) bond motifs is 1. The second-order valence-corrected chi connectivity index (χ2v) is 7.61. The SMILES string of the molecule is CCn1c(=O)[nH]c(=O)c2c(-c3nc(C4CNCCN4C)no3)cc(C(C)C)nc21. The molecule has 10 nitrogen and oxygen atoms in total. The molecule has 3 aromatic rings. The molecule has 0 saturated carbocycles. The molecule has 1 saturated heterocycles. The summed E-state index contributed by atoms with van der Waals surface area (Å²) in [4.78, 5) is 38.7. The van der Waals surface area contributed by atoms with Gasteiger partial charge in [-0.15, -0.1) is 0 Å². The molecule has 1 aliphatic rings. The first-order valence-corrected chi connectivity index (χ1v) is 9.83. The van der Waals surface area contributed by atoms with Crippen LogP contribution in [0, 0.1) is 0 Å². The van der Waals surface area contributed by atoms with Crippen molar-refractivity contribution in [2.75, 3.05) is 26.7 Å². The van der Waals surface area contributed by atoms with Crippen LogP contribution in [0.3, 0.4) is 0 Å². The van der Waals surface area contributed by atoms with E-state index in [0.717, 1.165) is 25.3 Å². The Kier molecular flexibility index (Phi) is 5.05. The number of rotatable bonds is 4. The molecule has 0 aromatic carbocycles. The molecule has 1 fully saturated rings. The normalized spacial score (nSPS) is 18.0. The van der Waals surface area contributed by atoms with Gasteiger partial charge >= 0.3 is 5.69 Å². The van der Waals surface area contributed by atoms with Crippen LogP contribution >= 0.6 is 0 Å². The van der Waals surface area contributed by atoms with Crippen molar-refractivity contribution < 1.29 is 4.52 Å². The number of piperazine rings is 1. The number of hydrogen-bond acceptors (Lipinski definition) is 8. The summed E-state index contributed by atoms with van der Waals surface area (Å²) < 4.78 is 7.02. The van der Waals surface area contributed by atoms with Gasteiger partial charge in [-0.2, -0.15) is 4.98 Å². The molecule has 29 heavy (non-hydrogen) atoms. The molecule has 0 bridgehead atoms. The second kappa shape index (κ2) is 7.53. The molecule has 1 atom stereocenters. The molecule has 4 heterocycles. The van der Waals surface area contributed by atoms with Gasteiger partial charge in [-0.05, 0) is 26.0 Å². The lowest BCUT2D eigenvalue weighted by molar-refractivity contribution is 0.190. The minimum Gasteiger partial charge on any atom is -0.334 e. The van der Waals surface area contributed by atoms with E-state index in [4.69, 9.17) is 4.52 Å². The molecule has 1 aliphatic heterocycles. The number of aromatic amines is 1. The highest BCUT2D eigenvalue weighted by atomic mass is 16.5. The van der Waals surface area contributed by atoms with Gasteiger partial charge in [-0.3, -0.25) is 19.2 Å². The fraction of sp³-hybridized carbons (Fsp3) is 0.526. The van der Waals surface area contributed by atoms with Crippen LogP contribution in [-0.4, -0.2) is 56.3 Å². The number of aromatic nitrogens is 5. The third-order valence-corrected chi connectivity index (χ3v) is 5.36. The minimum absolute atomic E-state index is 0.00831. The number of H-pyrrole nitrogens is 1. The van der Waals surface area contributed by atoms with Crippen LogP contribution in [0.2, 0.25) is 0 Å². The Morgan fingerprint density at radius 1 is 1.31 bits per heavy atom. The van der Waals surface area contributed by atoms with E-state index in [2.05, 4.69) is 30.3 Å². The molecule has 0 amide bonds. The van der Waals surface area contributed by atoms with E-state index in [1.807, 2.05) is 27.8 Å². The number of hydrogen-bond donors (Lipinski definition) is 2. The highest BCUT2D eigenvalue weighted by molar-refractivity contribution is 5.89. The van der Waals surface area contributed by atoms with Crippen LogP contribution in [0.1, 0.15) is 44.2 Å². The second-order valence-electron chi connectivity index (χ2n) is 7.61. The van der Waals surface area contributed by atoms with E-state index in [9.17, 15) is 9.59 Å². The molecule has 10 heteroatoms. The molecule has 4 rings (SSSR count). The molecule has 0 radical (unpaired) electrons. The maximum absolute atomic E-state index is 12.7. The third-order valence-electron chi connectivity index (χ3n) is 5.36. The van der Waals surface area contributed by atoms with Crippen molar-refractivity contribution in [2.45, 2.75) is 39.3 Å². The average molecular weight is 399 g/mol. The maximum Gasteiger partial charge on any atom is 0.329 e. The first kappa shape index (κ1) is 19.5. The topological polar surface area (TPSA) is 122 Å². The molecule has 2 N–H and O–H groups in total. The van der Waals surface area contributed by atoms with Crippen molar-refractivity contribution in [2.24, 2.45) is 0 Å². The summed E-state index contributed by atoms with van der Waals surface area (Å²) in [5, 5.41) is 7.78. The quantitative estimate of drug-likeness (QED) is 0.662. The molecule has 154 valence electrons. The van der Waals surface area contributed by atoms with E-state index >= 15 is 0 Å². The number of likely N-dealkylation sites (N-methyl/N-ethyl adjacent to an activating group) is 1. The molecular formula is C19H25N7O3. The third kappa shape index (κ3) is 3.38. The fourth-order valence-electron chi connectivity index (χ4n) is 3.63. The highest BCUT2D eigenvalue weighted by Gasteiger charge is 2.27. The Balaban J connectivity index is 1.94. The number of nitrogens with one attached hydrogen (secondary N) is 2. The average Bonchev–Trinajstić information content (AvgIpc) is 3.17. The van der Waals surface area contributed by atoms with Crippen molar-refractivity contribution in [3.05, 3.63) is 38.4 Å². The Morgan fingerprint density at radius 2 is 2.10 bits per heavy atom. The van der Waals surface area contributed by atoms with Crippen LogP contribution in [0.25, 0.3) is 22.5 Å². The van der Waals surface area contributed by atoms with Crippen LogP contribution in [0.5, 0.6) is 0 Å². The zero-order valence-corrected chi connectivity index (χ0v) is 17.0. The molecule has 0 aliphatic carbocycles. The predicted molar refractivity (Wildman–Crippen MR) is 108 cm³/mol. The van der Waals surface area contributed by atoms with Gasteiger partial charge in [0.05, 0.1) is 17.0 Å². The Hall–Kier alpha value is -2.85. The van der Waals surface area contributed by atoms with Crippen molar-refractivity contribution in [3.63, 3.8) is 0 Å². The fourth-order valence-corrected chi connectivity index (χ4v) is 3.63. The van der Waals surface area contributed by atoms with Crippen LogP contribution in [-0.2, 0) is 6.54 Å². The van der Waals surface area contributed by atoms with Gasteiger partial charge in [0, 0.05) is 31.9 Å². The zero-order valence-electron chi connectivity index (χ0n) is 17.0. The maximum atomic E-state index is 12.7. The van der Waals surface area contributed by atoms with Crippen molar-refractivity contribution in [3.8, 4) is 11.5 Å². The van der Waals surface area contributed by atoms with Gasteiger partial charge in [-0.25, -0.2) is 9.78 Å². The van der Waals surface area contributed by atoms with Crippen molar-refractivity contribution >= 4 is 11.0 Å². The van der Waals surface area contributed by atoms with Gasteiger partial charge < -0.3 is 9.84 Å². The van der Waals surface area contributed by atoms with E-state index in [0.29, 0.717) is 23.6 Å². The van der Waals surface area contributed by atoms with Gasteiger partial charge in [0.25, 0.3) is 11.4 Å². The summed E-state index contributed by atoms with van der Waals surface area (Å²) in [6.07, 6.45) is 0. The molecule has 1 unspecified atom stereocenters. The smallest absolute Gasteiger partial charge is 0.329 e. The first-order valence-electron chi connectivity index (χ1n) is 9.83. The van der Waals surface area contributed by atoms with Crippen LogP contribution in [0.15, 0.2) is 20.2 Å². The van der Waals surface area contributed by atoms with E-state index in [1.54, 1.807) is 6.07 Å². The van der Waals surface area contributed by atoms with E-state index in [-0.39, 0.29) is 23.2 Å². The number of pyridine rings is 1. The summed E-state index contributed by atoms with van der Waals surface area (Å²) in [5.74, 6) is 0.903. The Labute approximate surface area is 167 Å². The summed E-state index contributed by atoms with van der Waals surface area (Å²) >= 11 is 0. The van der Waals surface area contributed by atoms with Crippen LogP contribution < -0.4 is 16.6 Å². The van der Waals surface area contributed by atoms with Gasteiger partial charge in [0.2, 0.25) is 0 Å². The Morgan fingerprint density at radius 3 is 2.79 bits per heavy atom. The van der Waals surface area contributed by atoms with Gasteiger partial charge in [0.1, 0.15) is 0 Å². The van der Waals surface area contributed by atoms with Gasteiger partial charge in [0.15, 0.2) is 11.5 Å². The summed E-state index contributed by atoms with van der Waals surface area (Å²) in [5.41, 5.74) is 0.580. The summed E-state index contributed by atoms with van der Waals surface area (Å²) in [6.45, 7) is 8.73. The van der Waals surface area contributed by atoms with Gasteiger partial charge in [-0.1, -0.05) is 19.0 Å². The van der Waals surface area contributed by atoms with E-state index < -0.39 is 11.2 Å². The minimum atomic E-state index is -0.510. The molecule has 0 spiro atoms. The standard InChI is InChI=1S/C19H25N7O3/c1-5-26-16-14(17(27)23-19(26)28)11(8-12(21-16)10(2)3)18-22-15(24-29-18)13-9-20-6-7-25(13)4/h8,10,13,20H,5-7,9H2,1-4H3,(H,23,27,28). The molecule has 3 aromatic heterocycles. The largest absolute Gasteiger partial charge is 0.334 e. The molecular weight excluding hydrogens is 374 g/mol. The monoisotopic (exact) mass is 399 g/mol. The lowest BCUT2D eigenvalue weighted by Crippen LogP contribution is -2.44. The van der Waals surface area contributed by atoms with Crippen molar-refractivity contribution in [1.82, 2.24) is 34.9 Å². The zero-order chi connectivity index (χ0) is 20.7. The summed E-state index contributed by atoms with van der Waals surface area (Å²) in [7, 11) is 2.02. The summed E-state index contributed by atoms with van der Waals surface area (Å²) in [6, 6.07) is 1.79. The first-order chi connectivity index (χ1) is 13.9. The predicted octanol–water partition coefficient (Wildman–Crippen LogP) is 0.854. The van der Waals surface area contributed by atoms with Crippen LogP contribution in [0.4, 0.5) is 0 Å². The van der Waals surface area contributed by atoms with Crippen molar-refractivity contribution in [1.29, 1.82) is 0 Å². The Bertz CT molecular complexity index is 1160. The number of nitrogens with zero attached hydrogens (tertiary/aromatic N) is 5. The lowest BCUT2D eigenvalue weighted by Gasteiger charge is -2.30. The lowest BCUT2D eigenvalue weighted by atomic mass is 10.0. The highest BCUT2D eigenvalue weighted by Crippen LogP contribution is 2.29. The number of aryl methyl sites for hydroxylation is 1.